The minimum absolute atomic E-state index is 0.192. The van der Waals surface area contributed by atoms with E-state index in [0.717, 1.165) is 0 Å². The van der Waals surface area contributed by atoms with Crippen molar-refractivity contribution < 1.29 is 0 Å². The van der Waals surface area contributed by atoms with Crippen molar-refractivity contribution in [1.82, 2.24) is 24.7 Å². The zero-order valence-electron chi connectivity index (χ0n) is 11.3. The summed E-state index contributed by atoms with van der Waals surface area (Å²) in [7, 11) is 1.64. The molecule has 0 amide bonds. The molecule has 0 radical (unpaired) electrons. The van der Waals surface area contributed by atoms with Gasteiger partial charge in [-0.3, -0.25) is 4.57 Å². The number of nitrogens with one attached hydrogen (secondary N) is 1. The molecule has 0 unspecified atom stereocenters. The number of aromatic nitrogens is 5. The molecule has 0 aliphatic rings. The van der Waals surface area contributed by atoms with E-state index in [4.69, 9.17) is 5.73 Å². The molecule has 102 valence electrons. The smallest absolute Gasteiger partial charge is 0.343 e. The van der Waals surface area contributed by atoms with Crippen molar-refractivity contribution >= 4 is 17.6 Å². The Balaban J connectivity index is 2.38. The van der Waals surface area contributed by atoms with Crippen molar-refractivity contribution in [3.05, 3.63) is 22.4 Å². The number of H-pyrrole nitrogens is 1. The van der Waals surface area contributed by atoms with Gasteiger partial charge in [0.05, 0.1) is 0 Å². The molecule has 2 aromatic heterocycles. The Morgan fingerprint density at radius 1 is 1.37 bits per heavy atom. The number of aromatic amines is 1. The summed E-state index contributed by atoms with van der Waals surface area (Å²) in [6.45, 7) is 6.04. The van der Waals surface area contributed by atoms with Crippen LogP contribution >= 0.6 is 11.8 Å². The van der Waals surface area contributed by atoms with E-state index in [9.17, 15) is 4.79 Å². The molecule has 0 fully saturated rings. The van der Waals surface area contributed by atoms with Gasteiger partial charge in [0.1, 0.15) is 16.7 Å². The van der Waals surface area contributed by atoms with Crippen LogP contribution in [0.25, 0.3) is 0 Å². The van der Waals surface area contributed by atoms with Crippen LogP contribution in [0.2, 0.25) is 0 Å². The van der Waals surface area contributed by atoms with Gasteiger partial charge in [0.2, 0.25) is 0 Å². The lowest BCUT2D eigenvalue weighted by Gasteiger charge is -2.17. The van der Waals surface area contributed by atoms with Crippen molar-refractivity contribution in [2.45, 2.75) is 36.4 Å². The molecule has 0 saturated heterocycles. The maximum Gasteiger partial charge on any atom is 0.343 e. The number of hydrogen-bond donors (Lipinski definition) is 2. The van der Waals surface area contributed by atoms with Crippen LogP contribution in [0, 0.1) is 0 Å². The van der Waals surface area contributed by atoms with Gasteiger partial charge in [-0.1, -0.05) is 20.8 Å². The zero-order valence-corrected chi connectivity index (χ0v) is 12.1. The van der Waals surface area contributed by atoms with Gasteiger partial charge in [-0.25, -0.2) is 19.9 Å². The molecule has 0 aliphatic heterocycles. The van der Waals surface area contributed by atoms with Crippen molar-refractivity contribution in [2.75, 3.05) is 5.73 Å². The Morgan fingerprint density at radius 3 is 2.58 bits per heavy atom. The Kier molecular flexibility index (Phi) is 3.36. The van der Waals surface area contributed by atoms with Crippen molar-refractivity contribution in [3.8, 4) is 0 Å². The highest BCUT2D eigenvalue weighted by Gasteiger charge is 2.19. The van der Waals surface area contributed by atoms with Crippen molar-refractivity contribution in [3.63, 3.8) is 0 Å². The summed E-state index contributed by atoms with van der Waals surface area (Å²) in [4.78, 5) is 20.0. The molecule has 0 bridgehead atoms. The molecule has 0 aliphatic carbocycles. The first-order valence-electron chi connectivity index (χ1n) is 5.71. The number of nitrogens with zero attached hydrogens (tertiary/aromatic N) is 4. The van der Waals surface area contributed by atoms with Gasteiger partial charge in [-0.2, -0.15) is 0 Å². The summed E-state index contributed by atoms with van der Waals surface area (Å²) < 4.78 is 1.42. The quantitative estimate of drug-likeness (QED) is 0.793. The molecule has 2 rings (SSSR count). The van der Waals surface area contributed by atoms with Gasteiger partial charge < -0.3 is 5.73 Å². The second kappa shape index (κ2) is 4.69. The minimum Gasteiger partial charge on any atom is -0.384 e. The standard InChI is InChI=1S/C11H16N6OS/c1-11(2,3)8-13-6(12)5-7(14-8)19-10-16-15-9(18)17(10)4/h5H,1-4H3,(H,15,18)(H2,12,13,14). The third kappa shape index (κ3) is 2.95. The van der Waals surface area contributed by atoms with Gasteiger partial charge in [-0.05, 0) is 11.8 Å². The summed E-state index contributed by atoms with van der Waals surface area (Å²) in [5, 5.41) is 7.49. The van der Waals surface area contributed by atoms with E-state index in [1.807, 2.05) is 20.8 Å². The maximum absolute atomic E-state index is 11.3. The normalized spacial score (nSPS) is 11.8. The van der Waals surface area contributed by atoms with Gasteiger partial charge in [-0.15, -0.1) is 5.10 Å². The predicted molar refractivity (Wildman–Crippen MR) is 73.1 cm³/mol. The molecular weight excluding hydrogens is 264 g/mol. The summed E-state index contributed by atoms with van der Waals surface area (Å²) >= 11 is 1.27. The Morgan fingerprint density at radius 2 is 2.05 bits per heavy atom. The van der Waals surface area contributed by atoms with Crippen LogP contribution in [0.4, 0.5) is 5.82 Å². The SMILES string of the molecule is Cn1c(Sc2cc(N)nc(C(C)(C)C)n2)n[nH]c1=O. The minimum atomic E-state index is -0.263. The average Bonchev–Trinajstić information content (AvgIpc) is 2.59. The van der Waals surface area contributed by atoms with Crippen LogP contribution in [0.3, 0.4) is 0 Å². The highest BCUT2D eigenvalue weighted by molar-refractivity contribution is 7.99. The average molecular weight is 280 g/mol. The van der Waals surface area contributed by atoms with Gasteiger partial charge >= 0.3 is 5.69 Å². The van der Waals surface area contributed by atoms with E-state index in [1.165, 1.54) is 16.3 Å². The van der Waals surface area contributed by atoms with Crippen LogP contribution in [0.5, 0.6) is 0 Å². The number of nitrogens with two attached hydrogens (primary N) is 1. The number of rotatable bonds is 2. The second-order valence-corrected chi connectivity index (χ2v) is 6.16. The lowest BCUT2D eigenvalue weighted by atomic mass is 9.96. The fraction of sp³-hybridized carbons (Fsp3) is 0.455. The fourth-order valence-corrected chi connectivity index (χ4v) is 2.16. The molecule has 2 heterocycles. The molecule has 0 saturated carbocycles. The number of anilines is 1. The molecule has 2 aromatic rings. The molecule has 7 nitrogen and oxygen atoms in total. The van der Waals surface area contributed by atoms with Crippen LogP contribution < -0.4 is 11.4 Å². The first-order chi connectivity index (χ1) is 8.77. The van der Waals surface area contributed by atoms with Crippen molar-refractivity contribution in [1.29, 1.82) is 0 Å². The van der Waals surface area contributed by atoms with Gasteiger partial charge in [0.15, 0.2) is 5.16 Å². The van der Waals surface area contributed by atoms with Crippen LogP contribution in [-0.2, 0) is 12.5 Å². The van der Waals surface area contributed by atoms with E-state index in [1.54, 1.807) is 13.1 Å². The van der Waals surface area contributed by atoms with Crippen LogP contribution in [0.15, 0.2) is 21.0 Å². The Bertz CT molecular complexity index is 654. The van der Waals surface area contributed by atoms with Gasteiger partial charge in [0.25, 0.3) is 0 Å². The van der Waals surface area contributed by atoms with E-state index < -0.39 is 0 Å². The van der Waals surface area contributed by atoms with Crippen molar-refractivity contribution in [2.24, 2.45) is 7.05 Å². The Labute approximate surface area is 114 Å². The molecule has 0 atom stereocenters. The highest BCUT2D eigenvalue weighted by Crippen LogP contribution is 2.27. The molecule has 8 heteroatoms. The van der Waals surface area contributed by atoms with E-state index in [0.29, 0.717) is 21.8 Å². The van der Waals surface area contributed by atoms with E-state index in [2.05, 4.69) is 20.2 Å². The van der Waals surface area contributed by atoms with E-state index in [-0.39, 0.29) is 11.1 Å². The molecule has 0 spiro atoms. The summed E-state index contributed by atoms with van der Waals surface area (Å²) in [6.07, 6.45) is 0. The van der Waals surface area contributed by atoms with Crippen LogP contribution in [0.1, 0.15) is 26.6 Å². The largest absolute Gasteiger partial charge is 0.384 e. The van der Waals surface area contributed by atoms with Crippen LogP contribution in [-0.4, -0.2) is 24.7 Å². The predicted octanol–water partition coefficient (Wildman–Crippen LogP) is 0.929. The summed E-state index contributed by atoms with van der Waals surface area (Å²) in [5.41, 5.74) is 5.34. The lowest BCUT2D eigenvalue weighted by Crippen LogP contribution is -2.17. The fourth-order valence-electron chi connectivity index (χ4n) is 1.35. The maximum atomic E-state index is 11.3. The summed E-state index contributed by atoms with van der Waals surface area (Å²) in [5.74, 6) is 1.07. The lowest BCUT2D eigenvalue weighted by molar-refractivity contribution is 0.539. The monoisotopic (exact) mass is 280 g/mol. The zero-order chi connectivity index (χ0) is 14.2. The molecule has 0 aromatic carbocycles. The first kappa shape index (κ1) is 13.6. The number of hydrogen-bond acceptors (Lipinski definition) is 6. The highest BCUT2D eigenvalue weighted by atomic mass is 32.2. The third-order valence-corrected chi connectivity index (χ3v) is 3.39. The summed E-state index contributed by atoms with van der Waals surface area (Å²) in [6, 6.07) is 1.67. The first-order valence-corrected chi connectivity index (χ1v) is 6.53. The topological polar surface area (TPSA) is 102 Å². The number of nitrogen functional groups attached to an aromatic ring is 1. The third-order valence-electron chi connectivity index (χ3n) is 2.43. The molecule has 19 heavy (non-hydrogen) atoms. The molecule has 3 N–H and O–H groups in total. The van der Waals surface area contributed by atoms with E-state index >= 15 is 0 Å². The Hall–Kier alpha value is -1.83. The molecular formula is C11H16N6OS. The second-order valence-electron chi connectivity index (χ2n) is 5.18. The van der Waals surface area contributed by atoms with Gasteiger partial charge in [0, 0.05) is 18.5 Å².